The van der Waals surface area contributed by atoms with E-state index in [4.69, 9.17) is 9.47 Å². The molecule has 0 radical (unpaired) electrons. The van der Waals surface area contributed by atoms with E-state index in [-0.39, 0.29) is 37.3 Å². The molecular formula is C34H38N2O5. The van der Waals surface area contributed by atoms with Crippen molar-refractivity contribution in [1.82, 2.24) is 10.2 Å². The molecule has 2 aliphatic rings. The summed E-state index contributed by atoms with van der Waals surface area (Å²) in [5, 5.41) is 3.04. The third-order valence-corrected chi connectivity index (χ3v) is 8.13. The van der Waals surface area contributed by atoms with Crippen molar-refractivity contribution in [3.8, 4) is 5.75 Å². The molecular weight excluding hydrogens is 516 g/mol. The zero-order valence-electron chi connectivity index (χ0n) is 23.8. The lowest BCUT2D eigenvalue weighted by molar-refractivity contribution is -0.157. The van der Waals surface area contributed by atoms with Crippen molar-refractivity contribution in [3.63, 3.8) is 0 Å². The summed E-state index contributed by atoms with van der Waals surface area (Å²) in [6.07, 6.45) is 3.96. The lowest BCUT2D eigenvalue weighted by Crippen LogP contribution is -2.53. The van der Waals surface area contributed by atoms with Crippen molar-refractivity contribution in [1.29, 1.82) is 0 Å². The normalized spacial score (nSPS) is 17.4. The fourth-order valence-corrected chi connectivity index (χ4v) is 5.91. The summed E-state index contributed by atoms with van der Waals surface area (Å²) in [5.41, 5.74) is 4.53. The van der Waals surface area contributed by atoms with Gasteiger partial charge in [0.05, 0.1) is 6.61 Å². The van der Waals surface area contributed by atoms with Crippen molar-refractivity contribution in [2.45, 2.75) is 71.2 Å². The first-order valence-electron chi connectivity index (χ1n) is 14.6. The van der Waals surface area contributed by atoms with E-state index >= 15 is 0 Å². The molecule has 0 saturated heterocycles. The number of nitrogens with zero attached hydrogens (tertiary/aromatic N) is 1. The molecule has 1 aliphatic heterocycles. The van der Waals surface area contributed by atoms with Crippen molar-refractivity contribution in [2.75, 3.05) is 6.61 Å². The Morgan fingerprint density at radius 3 is 2.32 bits per heavy atom. The molecule has 0 unspecified atom stereocenters. The summed E-state index contributed by atoms with van der Waals surface area (Å²) in [6.45, 7) is 4.56. The number of amides is 2. The van der Waals surface area contributed by atoms with Gasteiger partial charge in [0.1, 0.15) is 24.4 Å². The minimum Gasteiger partial charge on any atom is -0.488 e. The highest BCUT2D eigenvalue weighted by molar-refractivity contribution is 5.92. The summed E-state index contributed by atoms with van der Waals surface area (Å²) >= 11 is 0. The van der Waals surface area contributed by atoms with Gasteiger partial charge in [0.25, 0.3) is 5.91 Å². The van der Waals surface area contributed by atoms with Crippen LogP contribution in [0.15, 0.2) is 72.8 Å². The largest absolute Gasteiger partial charge is 0.488 e. The monoisotopic (exact) mass is 554 g/mol. The standard InChI is InChI=1S/C34H38N2O5/c1-3-40-34(39)29-20-28-27(19-18-23(2)31(28)41-22-24-12-6-4-7-13-24)21-36(29)33(38)30(25-14-8-5-9-15-25)35-32(37)26-16-10-11-17-26/h4-9,12-15,18-19,26,29-30H,3,10-11,16-17,20-22H2,1-2H3,(H,35,37)/t29-,30-/m0/s1. The first-order valence-corrected chi connectivity index (χ1v) is 14.6. The Hall–Kier alpha value is -4.13. The summed E-state index contributed by atoms with van der Waals surface area (Å²) in [7, 11) is 0. The molecule has 1 heterocycles. The Labute approximate surface area is 241 Å². The van der Waals surface area contributed by atoms with E-state index < -0.39 is 18.1 Å². The van der Waals surface area contributed by atoms with Gasteiger partial charge in [-0.25, -0.2) is 4.79 Å². The lowest BCUT2D eigenvalue weighted by atomic mass is 9.90. The molecule has 41 heavy (non-hydrogen) atoms. The number of benzene rings is 3. The first-order chi connectivity index (χ1) is 20.0. The molecule has 7 heteroatoms. The molecule has 3 aromatic carbocycles. The molecule has 0 spiro atoms. The van der Waals surface area contributed by atoms with Crippen molar-refractivity contribution in [3.05, 3.63) is 101 Å². The predicted molar refractivity (Wildman–Crippen MR) is 156 cm³/mol. The van der Waals surface area contributed by atoms with Crippen molar-refractivity contribution in [2.24, 2.45) is 5.92 Å². The number of ether oxygens (including phenoxy) is 2. The van der Waals surface area contributed by atoms with Gasteiger partial charge < -0.3 is 19.7 Å². The second kappa shape index (κ2) is 13.0. The average molecular weight is 555 g/mol. The van der Waals surface area contributed by atoms with Gasteiger partial charge in [-0.2, -0.15) is 0 Å². The van der Waals surface area contributed by atoms with E-state index in [9.17, 15) is 14.4 Å². The highest BCUT2D eigenvalue weighted by Crippen LogP contribution is 2.36. The van der Waals surface area contributed by atoms with E-state index in [1.54, 1.807) is 11.8 Å². The molecule has 1 N–H and O–H groups in total. The van der Waals surface area contributed by atoms with Gasteiger partial charge in [0.2, 0.25) is 5.91 Å². The van der Waals surface area contributed by atoms with Crippen LogP contribution in [0.25, 0.3) is 0 Å². The van der Waals surface area contributed by atoms with Gasteiger partial charge in [-0.3, -0.25) is 9.59 Å². The molecule has 5 rings (SSSR count). The van der Waals surface area contributed by atoms with E-state index in [2.05, 4.69) is 5.32 Å². The van der Waals surface area contributed by atoms with E-state index in [0.717, 1.165) is 53.7 Å². The second-order valence-electron chi connectivity index (χ2n) is 10.9. The minimum atomic E-state index is -0.901. The maximum Gasteiger partial charge on any atom is 0.329 e. The number of carbonyl (C=O) groups excluding carboxylic acids is 3. The zero-order valence-corrected chi connectivity index (χ0v) is 23.8. The Kier molecular flexibility index (Phi) is 9.02. The Balaban J connectivity index is 1.47. The molecule has 214 valence electrons. The number of nitrogens with one attached hydrogen (secondary N) is 1. The van der Waals surface area contributed by atoms with Gasteiger partial charge in [0.15, 0.2) is 0 Å². The summed E-state index contributed by atoms with van der Waals surface area (Å²) in [4.78, 5) is 42.4. The zero-order chi connectivity index (χ0) is 28.8. The van der Waals surface area contributed by atoms with Gasteiger partial charge in [0, 0.05) is 24.4 Å². The molecule has 1 fully saturated rings. The minimum absolute atomic E-state index is 0.0933. The number of esters is 1. The molecule has 0 bridgehead atoms. The number of rotatable bonds is 9. The van der Waals surface area contributed by atoms with Crippen LogP contribution >= 0.6 is 0 Å². The van der Waals surface area contributed by atoms with Crippen LogP contribution in [-0.2, 0) is 38.7 Å². The van der Waals surface area contributed by atoms with Gasteiger partial charge >= 0.3 is 5.97 Å². The lowest BCUT2D eigenvalue weighted by Gasteiger charge is -2.38. The first kappa shape index (κ1) is 28.4. The quantitative estimate of drug-likeness (QED) is 0.356. The van der Waals surface area contributed by atoms with Gasteiger partial charge in [-0.1, -0.05) is 85.6 Å². The number of hydrogen-bond donors (Lipinski definition) is 1. The van der Waals surface area contributed by atoms with Crippen LogP contribution in [0.3, 0.4) is 0 Å². The molecule has 7 nitrogen and oxygen atoms in total. The van der Waals surface area contributed by atoms with Gasteiger partial charge in [-0.05, 0) is 48.9 Å². The van der Waals surface area contributed by atoms with Gasteiger partial charge in [-0.15, -0.1) is 0 Å². The number of fused-ring (bicyclic) bond motifs is 1. The molecule has 1 aliphatic carbocycles. The fraction of sp³-hybridized carbons (Fsp3) is 0.382. The van der Waals surface area contributed by atoms with E-state index in [1.165, 1.54) is 0 Å². The molecule has 2 atom stereocenters. The average Bonchev–Trinajstić information content (AvgIpc) is 3.55. The Morgan fingerprint density at radius 2 is 1.63 bits per heavy atom. The third-order valence-electron chi connectivity index (χ3n) is 8.13. The van der Waals surface area contributed by atoms with Crippen LogP contribution in [0.2, 0.25) is 0 Å². The third kappa shape index (κ3) is 6.45. The summed E-state index contributed by atoms with van der Waals surface area (Å²) < 4.78 is 11.8. The highest BCUT2D eigenvalue weighted by atomic mass is 16.5. The Morgan fingerprint density at radius 1 is 0.951 bits per heavy atom. The molecule has 2 amide bonds. The summed E-state index contributed by atoms with van der Waals surface area (Å²) in [5.74, 6) is -0.248. The SMILES string of the molecule is CCOC(=O)[C@@H]1Cc2c(ccc(C)c2OCc2ccccc2)CN1C(=O)[C@@H](NC(=O)C1CCCC1)c1ccccc1. The second-order valence-corrected chi connectivity index (χ2v) is 10.9. The van der Waals surface area contributed by atoms with Crippen LogP contribution < -0.4 is 10.1 Å². The molecule has 1 saturated carbocycles. The highest BCUT2D eigenvalue weighted by Gasteiger charge is 2.41. The maximum absolute atomic E-state index is 14.3. The van der Waals surface area contributed by atoms with Crippen LogP contribution in [0.4, 0.5) is 0 Å². The number of aryl methyl sites for hydroxylation is 1. The van der Waals surface area contributed by atoms with Crippen LogP contribution in [0.5, 0.6) is 5.75 Å². The topological polar surface area (TPSA) is 84.9 Å². The van der Waals surface area contributed by atoms with Crippen LogP contribution in [0.1, 0.15) is 66.5 Å². The molecule has 3 aromatic rings. The van der Waals surface area contributed by atoms with Crippen LogP contribution in [0, 0.1) is 12.8 Å². The Bertz CT molecular complexity index is 1370. The maximum atomic E-state index is 14.3. The van der Waals surface area contributed by atoms with E-state index in [0.29, 0.717) is 12.2 Å². The fourth-order valence-electron chi connectivity index (χ4n) is 5.91. The smallest absolute Gasteiger partial charge is 0.329 e. The van der Waals surface area contributed by atoms with E-state index in [1.807, 2.05) is 79.7 Å². The number of hydrogen-bond acceptors (Lipinski definition) is 5. The predicted octanol–water partition coefficient (Wildman–Crippen LogP) is 5.44. The van der Waals surface area contributed by atoms with Crippen molar-refractivity contribution >= 4 is 17.8 Å². The molecule has 0 aromatic heterocycles. The summed E-state index contributed by atoms with van der Waals surface area (Å²) in [6, 6.07) is 21.4. The number of carbonyl (C=O) groups is 3. The van der Waals surface area contributed by atoms with Crippen LogP contribution in [-0.4, -0.2) is 35.3 Å². The van der Waals surface area contributed by atoms with Crippen molar-refractivity contribution < 1.29 is 23.9 Å².